The summed E-state index contributed by atoms with van der Waals surface area (Å²) in [4.78, 5) is 2.06. The molecule has 0 aromatic heterocycles. The first-order chi connectivity index (χ1) is 19.0. The monoisotopic (exact) mass is 550 g/mol. The summed E-state index contributed by atoms with van der Waals surface area (Å²) in [5.74, 6) is 1.62. The van der Waals surface area contributed by atoms with Gasteiger partial charge in [0.1, 0.15) is 0 Å². The minimum atomic E-state index is 0. The van der Waals surface area contributed by atoms with Crippen LogP contribution in [0.4, 0.5) is 0 Å². The molecule has 0 spiro atoms. The Morgan fingerprint density at radius 2 is 1.62 bits per heavy atom. The second kappa shape index (κ2) is 28.5. The fourth-order valence-electron chi connectivity index (χ4n) is 4.00. The largest absolute Gasteiger partial charge is 0.481 e. The quantitative estimate of drug-likeness (QED) is 0.173. The minimum Gasteiger partial charge on any atom is -0.481 e. The number of nitrogens with zero attached hydrogens (tertiary/aromatic N) is 1. The van der Waals surface area contributed by atoms with Crippen LogP contribution in [0.5, 0.6) is 0 Å². The van der Waals surface area contributed by atoms with Gasteiger partial charge in [0.25, 0.3) is 0 Å². The van der Waals surface area contributed by atoms with Crippen molar-refractivity contribution in [2.75, 3.05) is 40.6 Å². The third kappa shape index (κ3) is 18.4. The molecular formula is C34H67N3O2. The highest BCUT2D eigenvalue weighted by molar-refractivity contribution is 5.27. The van der Waals surface area contributed by atoms with Gasteiger partial charge in [-0.1, -0.05) is 102 Å². The molecule has 2 aliphatic rings. The highest BCUT2D eigenvalue weighted by Crippen LogP contribution is 2.57. The lowest BCUT2D eigenvalue weighted by Gasteiger charge is -2.24. The Labute approximate surface area is 246 Å². The molecule has 1 aromatic carbocycles. The Hall–Kier alpha value is -2.50. The molecular weight excluding hydrogens is 482 g/mol. The number of rotatable bonds is 10. The molecule has 1 aromatic rings. The fraction of sp³-hybridized carbons (Fsp3) is 0.588. The molecule has 0 radical (unpaired) electrons. The standard InChI is InChI=1S/C12H18O.C10H23N3O.C6H6.2C2H6.C2H4.2H2/c1-12(9-13-2)8-11(12)10-6-4-3-5-7-10;1-5-7-12-10(14-4)9(3)13(6-2)8-11;1-2-4-6-5-3-1;3*1-2;;/h3-4,6,11H,5,7-9H2,1-2H3;12H,5-8,11H2,1-4H3;1-6H;2*1-2H3;1-2H2;2*1H/b;10-9+;;;;;;. The first-order valence-electron chi connectivity index (χ1n) is 14.8. The van der Waals surface area contributed by atoms with Crippen molar-refractivity contribution in [2.24, 2.45) is 17.1 Å². The van der Waals surface area contributed by atoms with Crippen molar-refractivity contribution in [1.29, 1.82) is 0 Å². The van der Waals surface area contributed by atoms with Crippen LogP contribution in [0.15, 0.2) is 84.9 Å². The number of hydrogen-bond acceptors (Lipinski definition) is 5. The van der Waals surface area contributed by atoms with Gasteiger partial charge in [0.15, 0.2) is 0 Å². The molecule has 5 nitrogen and oxygen atoms in total. The van der Waals surface area contributed by atoms with Crippen LogP contribution in [0, 0.1) is 11.3 Å². The zero-order valence-electron chi connectivity index (χ0n) is 27.2. The van der Waals surface area contributed by atoms with Gasteiger partial charge >= 0.3 is 0 Å². The molecule has 3 N–H and O–H groups in total. The highest BCUT2D eigenvalue weighted by Gasteiger charge is 2.51. The van der Waals surface area contributed by atoms with Gasteiger partial charge in [-0.25, -0.2) is 0 Å². The van der Waals surface area contributed by atoms with E-state index in [1.54, 1.807) is 19.8 Å². The molecule has 0 bridgehead atoms. The summed E-state index contributed by atoms with van der Waals surface area (Å²) >= 11 is 0. The van der Waals surface area contributed by atoms with Crippen LogP contribution in [-0.4, -0.2) is 45.5 Å². The first-order valence-corrected chi connectivity index (χ1v) is 14.8. The molecule has 230 valence electrons. The molecule has 0 saturated heterocycles. The summed E-state index contributed by atoms with van der Waals surface area (Å²) in [5.41, 5.74) is 8.77. The van der Waals surface area contributed by atoms with Crippen LogP contribution >= 0.6 is 0 Å². The molecule has 0 aliphatic heterocycles. The van der Waals surface area contributed by atoms with Crippen LogP contribution < -0.4 is 11.1 Å². The summed E-state index contributed by atoms with van der Waals surface area (Å²) in [6.07, 6.45) is 11.6. The maximum absolute atomic E-state index is 5.61. The number of nitrogens with two attached hydrogens (primary N) is 1. The Morgan fingerprint density at radius 1 is 1.08 bits per heavy atom. The molecule has 1 saturated carbocycles. The van der Waals surface area contributed by atoms with Gasteiger partial charge in [-0.05, 0) is 50.9 Å². The number of ether oxygens (including phenoxy) is 2. The van der Waals surface area contributed by atoms with Gasteiger partial charge in [-0.2, -0.15) is 0 Å². The van der Waals surface area contributed by atoms with E-state index in [0.29, 0.717) is 12.1 Å². The van der Waals surface area contributed by atoms with Crippen LogP contribution in [0.3, 0.4) is 0 Å². The summed E-state index contributed by atoms with van der Waals surface area (Å²) in [6, 6.07) is 12.0. The average molecular weight is 550 g/mol. The average Bonchev–Trinajstić information content (AvgIpc) is 3.70. The second-order valence-electron chi connectivity index (χ2n) is 8.79. The zero-order valence-corrected chi connectivity index (χ0v) is 27.2. The van der Waals surface area contributed by atoms with Gasteiger partial charge < -0.3 is 25.4 Å². The van der Waals surface area contributed by atoms with Crippen molar-refractivity contribution in [1.82, 2.24) is 10.2 Å². The second-order valence-corrected chi connectivity index (χ2v) is 8.79. The van der Waals surface area contributed by atoms with Gasteiger partial charge in [0.05, 0.1) is 26.1 Å². The topological polar surface area (TPSA) is 59.8 Å². The first kappa shape index (κ1) is 41.0. The smallest absolute Gasteiger partial charge is 0.206 e. The molecule has 2 atom stereocenters. The lowest BCUT2D eigenvalue weighted by atomic mass is 9.95. The number of nitrogens with one attached hydrogen (secondary N) is 1. The van der Waals surface area contributed by atoms with Crippen LogP contribution in [0.25, 0.3) is 0 Å². The van der Waals surface area contributed by atoms with Gasteiger partial charge in [-0.15, -0.1) is 13.2 Å². The predicted octanol–water partition coefficient (Wildman–Crippen LogP) is 9.03. The number of hydrogen-bond donors (Lipinski definition) is 2. The lowest BCUT2D eigenvalue weighted by molar-refractivity contribution is 0.144. The Bertz CT molecular complexity index is 727. The minimum absolute atomic E-state index is 0. The third-order valence-corrected chi connectivity index (χ3v) is 6.13. The molecule has 1 fully saturated rings. The van der Waals surface area contributed by atoms with E-state index in [1.807, 2.05) is 71.0 Å². The van der Waals surface area contributed by atoms with E-state index in [2.05, 4.69) is 62.4 Å². The maximum atomic E-state index is 5.61. The Balaban J connectivity index is -0.000000148. The van der Waals surface area contributed by atoms with E-state index in [9.17, 15) is 0 Å². The molecule has 5 heteroatoms. The van der Waals surface area contributed by atoms with Crippen molar-refractivity contribution in [3.63, 3.8) is 0 Å². The van der Waals surface area contributed by atoms with Crippen LogP contribution in [0.1, 0.15) is 83.9 Å². The summed E-state index contributed by atoms with van der Waals surface area (Å²) in [5, 5.41) is 3.23. The van der Waals surface area contributed by atoms with Crippen molar-refractivity contribution >= 4 is 0 Å². The van der Waals surface area contributed by atoms with Crippen molar-refractivity contribution < 1.29 is 12.3 Å². The fourth-order valence-corrected chi connectivity index (χ4v) is 4.00. The third-order valence-electron chi connectivity index (χ3n) is 6.13. The molecule has 2 aliphatic carbocycles. The Kier molecular flexibility index (Phi) is 30.0. The van der Waals surface area contributed by atoms with Crippen LogP contribution in [-0.2, 0) is 9.47 Å². The molecule has 39 heavy (non-hydrogen) atoms. The van der Waals surface area contributed by atoms with E-state index in [0.717, 1.165) is 43.6 Å². The molecule has 3 rings (SSSR count). The van der Waals surface area contributed by atoms with E-state index < -0.39 is 0 Å². The lowest BCUT2D eigenvalue weighted by Crippen LogP contribution is -2.31. The predicted molar refractivity (Wildman–Crippen MR) is 179 cm³/mol. The number of methoxy groups -OCH3 is 2. The number of allylic oxidation sites excluding steroid dienone is 5. The maximum Gasteiger partial charge on any atom is 0.206 e. The van der Waals surface area contributed by atoms with E-state index in [1.165, 1.54) is 19.3 Å². The number of benzene rings is 1. The van der Waals surface area contributed by atoms with Gasteiger partial charge in [-0.3, -0.25) is 0 Å². The summed E-state index contributed by atoms with van der Waals surface area (Å²) in [7, 11) is 3.47. The van der Waals surface area contributed by atoms with E-state index in [-0.39, 0.29) is 2.85 Å². The molecule has 2 unspecified atom stereocenters. The van der Waals surface area contributed by atoms with Crippen LogP contribution in [0.2, 0.25) is 0 Å². The van der Waals surface area contributed by atoms with Gasteiger partial charge in [0, 0.05) is 23.1 Å². The normalized spacial score (nSPS) is 18.4. The van der Waals surface area contributed by atoms with Crippen molar-refractivity contribution in [3.05, 3.63) is 84.9 Å². The van der Waals surface area contributed by atoms with Gasteiger partial charge in [0.2, 0.25) is 5.88 Å². The Morgan fingerprint density at radius 3 is 1.97 bits per heavy atom. The highest BCUT2D eigenvalue weighted by atomic mass is 16.5. The molecule has 0 amide bonds. The zero-order chi connectivity index (χ0) is 30.5. The molecule has 0 heterocycles. The summed E-state index contributed by atoms with van der Waals surface area (Å²) < 4.78 is 10.5. The van der Waals surface area contributed by atoms with Crippen molar-refractivity contribution in [2.45, 2.75) is 81.1 Å². The van der Waals surface area contributed by atoms with E-state index in [4.69, 9.17) is 15.2 Å². The summed E-state index contributed by atoms with van der Waals surface area (Å²) in [6.45, 7) is 25.8. The van der Waals surface area contributed by atoms with Crippen molar-refractivity contribution in [3.8, 4) is 0 Å². The SMILES string of the molecule is C=C.CC.CC.CCCN/C(OC)=C(/C)N(CC)CN.COCC1(C)CC1C1=CC=CCC1.[HH].[HH].c1ccccc1. The van der Waals surface area contributed by atoms with E-state index >= 15 is 0 Å².